The van der Waals surface area contributed by atoms with Crippen LogP contribution < -0.4 is 15.0 Å². The summed E-state index contributed by atoms with van der Waals surface area (Å²) in [5.41, 5.74) is 1.28. The summed E-state index contributed by atoms with van der Waals surface area (Å²) in [6.45, 7) is 0. The summed E-state index contributed by atoms with van der Waals surface area (Å²) in [6, 6.07) is 16.8. The Labute approximate surface area is 161 Å². The van der Waals surface area contributed by atoms with E-state index in [9.17, 15) is 13.2 Å². The van der Waals surface area contributed by atoms with E-state index in [0.717, 1.165) is 10.9 Å². The van der Waals surface area contributed by atoms with E-state index in [0.29, 0.717) is 11.4 Å². The van der Waals surface area contributed by atoms with Crippen molar-refractivity contribution >= 4 is 26.6 Å². The van der Waals surface area contributed by atoms with Gasteiger partial charge in [0.25, 0.3) is 15.6 Å². The van der Waals surface area contributed by atoms with Gasteiger partial charge in [-0.15, -0.1) is 0 Å². The fraction of sp³-hybridized carbons (Fsp3) is 0.0500. The molecule has 7 nitrogen and oxygen atoms in total. The SMILES string of the molecule is COc1ccc2[nH]c(-c3c(NS(=O)(=O)c4ccccc4)cc[nH]c3=O)cc2c1. The molecule has 0 spiro atoms. The fourth-order valence-corrected chi connectivity index (χ4v) is 4.10. The van der Waals surface area contributed by atoms with Gasteiger partial charge in [-0.2, -0.15) is 0 Å². The number of anilines is 1. The standard InChI is InChI=1S/C20H17N3O4S/c1-27-14-7-8-16-13(11-14)12-18(22-16)19-17(9-10-21-20(19)24)23-28(25,26)15-5-3-2-4-6-15/h2-12,22H,1H3,(H2,21,23,24). The Balaban J connectivity index is 1.82. The third-order valence-electron chi connectivity index (χ3n) is 4.36. The molecule has 0 amide bonds. The van der Waals surface area contributed by atoms with E-state index in [2.05, 4.69) is 14.7 Å². The predicted octanol–water partition coefficient (Wildman–Crippen LogP) is 3.33. The van der Waals surface area contributed by atoms with Gasteiger partial charge in [-0.05, 0) is 42.5 Å². The van der Waals surface area contributed by atoms with E-state index < -0.39 is 15.6 Å². The zero-order valence-electron chi connectivity index (χ0n) is 14.9. The smallest absolute Gasteiger partial charge is 0.261 e. The van der Waals surface area contributed by atoms with Gasteiger partial charge in [0.15, 0.2) is 0 Å². The number of sulfonamides is 1. The van der Waals surface area contributed by atoms with Crippen molar-refractivity contribution in [1.29, 1.82) is 0 Å². The van der Waals surface area contributed by atoms with Crippen LogP contribution in [0.25, 0.3) is 22.2 Å². The number of aromatic nitrogens is 2. The van der Waals surface area contributed by atoms with Crippen molar-refractivity contribution in [1.82, 2.24) is 9.97 Å². The second-order valence-corrected chi connectivity index (χ2v) is 7.83. The molecule has 0 radical (unpaired) electrons. The van der Waals surface area contributed by atoms with Gasteiger partial charge in [0, 0.05) is 17.1 Å². The summed E-state index contributed by atoms with van der Waals surface area (Å²) in [4.78, 5) is 18.4. The highest BCUT2D eigenvalue weighted by atomic mass is 32.2. The average Bonchev–Trinajstić information content (AvgIpc) is 3.11. The van der Waals surface area contributed by atoms with Crippen molar-refractivity contribution in [2.45, 2.75) is 4.90 Å². The van der Waals surface area contributed by atoms with Gasteiger partial charge in [0.2, 0.25) is 0 Å². The van der Waals surface area contributed by atoms with Crippen LogP contribution in [0.1, 0.15) is 0 Å². The normalized spacial score (nSPS) is 11.5. The molecule has 0 atom stereocenters. The number of ether oxygens (including phenoxy) is 1. The number of aromatic amines is 2. The van der Waals surface area contributed by atoms with Crippen molar-refractivity contribution in [3.05, 3.63) is 77.2 Å². The van der Waals surface area contributed by atoms with Crippen LogP contribution >= 0.6 is 0 Å². The molecule has 0 saturated heterocycles. The number of hydrogen-bond donors (Lipinski definition) is 3. The minimum absolute atomic E-state index is 0.114. The predicted molar refractivity (Wildman–Crippen MR) is 108 cm³/mol. The van der Waals surface area contributed by atoms with Crippen molar-refractivity contribution in [3.8, 4) is 17.0 Å². The highest BCUT2D eigenvalue weighted by Crippen LogP contribution is 2.30. The molecule has 8 heteroatoms. The van der Waals surface area contributed by atoms with Crippen LogP contribution in [0.15, 0.2) is 76.6 Å². The molecule has 0 bridgehead atoms. The third-order valence-corrected chi connectivity index (χ3v) is 5.74. The van der Waals surface area contributed by atoms with E-state index in [1.807, 2.05) is 12.1 Å². The molecule has 0 fully saturated rings. The molecule has 2 aromatic carbocycles. The molecule has 4 aromatic rings. The first-order valence-corrected chi connectivity index (χ1v) is 9.93. The number of H-pyrrole nitrogens is 2. The first-order valence-electron chi connectivity index (χ1n) is 8.44. The Morgan fingerprint density at radius 1 is 1.00 bits per heavy atom. The zero-order chi connectivity index (χ0) is 19.7. The Hall–Kier alpha value is -3.52. The van der Waals surface area contributed by atoms with Crippen LogP contribution in [-0.4, -0.2) is 25.5 Å². The van der Waals surface area contributed by atoms with E-state index in [4.69, 9.17) is 4.74 Å². The van der Waals surface area contributed by atoms with Crippen molar-refractivity contribution < 1.29 is 13.2 Å². The lowest BCUT2D eigenvalue weighted by Crippen LogP contribution is -2.17. The molecule has 2 aromatic heterocycles. The van der Waals surface area contributed by atoms with Gasteiger partial charge in [0.05, 0.1) is 29.0 Å². The largest absolute Gasteiger partial charge is 0.497 e. The number of hydrogen-bond acceptors (Lipinski definition) is 4. The van der Waals surface area contributed by atoms with E-state index in [-0.39, 0.29) is 16.1 Å². The summed E-state index contributed by atoms with van der Waals surface area (Å²) >= 11 is 0. The monoisotopic (exact) mass is 395 g/mol. The molecule has 3 N–H and O–H groups in total. The molecular weight excluding hydrogens is 378 g/mol. The maximum atomic E-state index is 12.7. The maximum Gasteiger partial charge on any atom is 0.261 e. The highest BCUT2D eigenvalue weighted by molar-refractivity contribution is 7.92. The molecule has 142 valence electrons. The number of fused-ring (bicyclic) bond motifs is 1. The molecule has 4 rings (SSSR count). The summed E-state index contributed by atoms with van der Waals surface area (Å²) in [7, 11) is -2.26. The maximum absolute atomic E-state index is 12.7. The molecule has 0 saturated carbocycles. The van der Waals surface area contributed by atoms with Gasteiger partial charge in [0.1, 0.15) is 5.75 Å². The van der Waals surface area contributed by atoms with Crippen LogP contribution in [-0.2, 0) is 10.0 Å². The van der Waals surface area contributed by atoms with Crippen molar-refractivity contribution in [2.24, 2.45) is 0 Å². The first-order chi connectivity index (χ1) is 13.5. The van der Waals surface area contributed by atoms with Gasteiger partial charge in [-0.3, -0.25) is 9.52 Å². The van der Waals surface area contributed by atoms with Crippen molar-refractivity contribution in [2.75, 3.05) is 11.8 Å². The lowest BCUT2D eigenvalue weighted by Gasteiger charge is -2.11. The molecule has 28 heavy (non-hydrogen) atoms. The zero-order valence-corrected chi connectivity index (χ0v) is 15.7. The Bertz CT molecular complexity index is 1310. The minimum Gasteiger partial charge on any atom is -0.497 e. The number of rotatable bonds is 5. The molecular formula is C20H17N3O4S. The Morgan fingerprint density at radius 2 is 1.79 bits per heavy atom. The summed E-state index contributed by atoms with van der Waals surface area (Å²) in [6.07, 6.45) is 1.40. The Morgan fingerprint density at radius 3 is 2.54 bits per heavy atom. The Kier molecular flexibility index (Phi) is 4.40. The van der Waals surface area contributed by atoms with Crippen LogP contribution in [0.5, 0.6) is 5.75 Å². The van der Waals surface area contributed by atoms with Gasteiger partial charge < -0.3 is 14.7 Å². The van der Waals surface area contributed by atoms with Gasteiger partial charge in [-0.1, -0.05) is 18.2 Å². The highest BCUT2D eigenvalue weighted by Gasteiger charge is 2.19. The van der Waals surface area contributed by atoms with Crippen LogP contribution in [0.2, 0.25) is 0 Å². The van der Waals surface area contributed by atoms with Crippen LogP contribution in [0.4, 0.5) is 5.69 Å². The summed E-state index contributed by atoms with van der Waals surface area (Å²) in [5, 5.41) is 0.842. The van der Waals surface area contributed by atoms with E-state index in [1.165, 1.54) is 24.4 Å². The first kappa shape index (κ1) is 17.9. The lowest BCUT2D eigenvalue weighted by atomic mass is 10.1. The third kappa shape index (κ3) is 3.25. The second-order valence-electron chi connectivity index (χ2n) is 6.15. The second kappa shape index (κ2) is 6.90. The van der Waals surface area contributed by atoms with Crippen LogP contribution in [0.3, 0.4) is 0 Å². The number of methoxy groups -OCH3 is 1. The quantitative estimate of drug-likeness (QED) is 0.482. The lowest BCUT2D eigenvalue weighted by molar-refractivity contribution is 0.415. The van der Waals surface area contributed by atoms with Gasteiger partial charge >= 0.3 is 0 Å². The summed E-state index contributed by atoms with van der Waals surface area (Å²) in [5.74, 6) is 0.685. The number of nitrogens with one attached hydrogen (secondary N) is 3. The van der Waals surface area contributed by atoms with Crippen LogP contribution in [0, 0.1) is 0 Å². The van der Waals surface area contributed by atoms with Gasteiger partial charge in [-0.25, -0.2) is 8.42 Å². The molecule has 0 aliphatic carbocycles. The number of benzene rings is 2. The molecule has 0 aliphatic heterocycles. The minimum atomic E-state index is -3.84. The molecule has 2 heterocycles. The molecule has 0 unspecified atom stereocenters. The van der Waals surface area contributed by atoms with Crippen molar-refractivity contribution in [3.63, 3.8) is 0 Å². The molecule has 0 aliphatic rings. The average molecular weight is 395 g/mol. The number of pyridine rings is 1. The summed E-state index contributed by atoms with van der Waals surface area (Å²) < 4.78 is 33.1. The topological polar surface area (TPSA) is 104 Å². The fourth-order valence-electron chi connectivity index (χ4n) is 3.01. The van der Waals surface area contributed by atoms with E-state index in [1.54, 1.807) is 37.4 Å². The van der Waals surface area contributed by atoms with E-state index >= 15 is 0 Å².